The summed E-state index contributed by atoms with van der Waals surface area (Å²) in [6, 6.07) is 0.606. The standard InChI is InChI=1S/C20H37N7/c1-8-26-11-9-10-16(26)12-21-18(27-14-19(3,4)20(27,5)6)22-13-17-24-23-15(2)25(17)7/h16H,8-14H2,1-7H3,(H,21,22). The maximum Gasteiger partial charge on any atom is 0.194 e. The quantitative estimate of drug-likeness (QED) is 0.631. The zero-order chi connectivity index (χ0) is 19.8. The van der Waals surface area contributed by atoms with Crippen molar-refractivity contribution in [3.8, 4) is 0 Å². The summed E-state index contributed by atoms with van der Waals surface area (Å²) in [6.45, 7) is 18.4. The molecule has 152 valence electrons. The molecule has 0 aromatic carbocycles. The van der Waals surface area contributed by atoms with Crippen LogP contribution in [0.1, 0.15) is 59.1 Å². The van der Waals surface area contributed by atoms with Gasteiger partial charge in [-0.2, -0.15) is 0 Å². The van der Waals surface area contributed by atoms with Crippen LogP contribution in [0.15, 0.2) is 4.99 Å². The van der Waals surface area contributed by atoms with Gasteiger partial charge in [-0.25, -0.2) is 4.99 Å². The average molecular weight is 376 g/mol. The molecule has 1 unspecified atom stereocenters. The third kappa shape index (κ3) is 3.71. The lowest BCUT2D eigenvalue weighted by molar-refractivity contribution is -0.0670. The van der Waals surface area contributed by atoms with Crippen molar-refractivity contribution in [2.75, 3.05) is 26.2 Å². The van der Waals surface area contributed by atoms with Gasteiger partial charge in [0.15, 0.2) is 11.8 Å². The minimum atomic E-state index is 0.0781. The van der Waals surface area contributed by atoms with Gasteiger partial charge in [0.2, 0.25) is 0 Å². The van der Waals surface area contributed by atoms with Crippen molar-refractivity contribution in [2.45, 2.75) is 72.5 Å². The third-order valence-electron chi connectivity index (χ3n) is 7.09. The van der Waals surface area contributed by atoms with E-state index in [9.17, 15) is 0 Å². The second kappa shape index (κ2) is 7.41. The molecule has 2 aliphatic rings. The molecular weight excluding hydrogens is 338 g/mol. The zero-order valence-electron chi connectivity index (χ0n) is 18.2. The Morgan fingerprint density at radius 1 is 1.26 bits per heavy atom. The third-order valence-corrected chi connectivity index (χ3v) is 7.09. The molecule has 0 bridgehead atoms. The van der Waals surface area contributed by atoms with Crippen molar-refractivity contribution < 1.29 is 0 Å². The van der Waals surface area contributed by atoms with Crippen LogP contribution in [0.25, 0.3) is 0 Å². The average Bonchev–Trinajstić information content (AvgIpc) is 3.21. The molecule has 1 atom stereocenters. The Kier molecular flexibility index (Phi) is 5.52. The van der Waals surface area contributed by atoms with Crippen LogP contribution in [0.5, 0.6) is 0 Å². The summed E-state index contributed by atoms with van der Waals surface area (Å²) in [7, 11) is 2.00. The van der Waals surface area contributed by atoms with Crippen molar-refractivity contribution >= 4 is 5.96 Å². The first-order valence-electron chi connectivity index (χ1n) is 10.3. The van der Waals surface area contributed by atoms with Crippen LogP contribution in [-0.4, -0.2) is 68.3 Å². The van der Waals surface area contributed by atoms with Crippen LogP contribution < -0.4 is 5.32 Å². The molecule has 3 rings (SSSR count). The number of likely N-dealkylation sites (tertiary alicyclic amines) is 2. The van der Waals surface area contributed by atoms with Crippen LogP contribution in [0.4, 0.5) is 0 Å². The van der Waals surface area contributed by atoms with Gasteiger partial charge in [-0.15, -0.1) is 10.2 Å². The number of guanidine groups is 1. The Bertz CT molecular complexity index is 689. The highest BCUT2D eigenvalue weighted by Gasteiger charge is 2.53. The molecule has 0 spiro atoms. The number of hydrogen-bond donors (Lipinski definition) is 1. The van der Waals surface area contributed by atoms with E-state index in [1.807, 2.05) is 18.5 Å². The molecule has 7 nitrogen and oxygen atoms in total. The summed E-state index contributed by atoms with van der Waals surface area (Å²) in [5.41, 5.74) is 0.356. The summed E-state index contributed by atoms with van der Waals surface area (Å²) >= 11 is 0. The second-order valence-corrected chi connectivity index (χ2v) is 9.20. The molecule has 2 fully saturated rings. The lowest BCUT2D eigenvalue weighted by Crippen LogP contribution is -2.72. The molecule has 27 heavy (non-hydrogen) atoms. The fraction of sp³-hybridized carbons (Fsp3) is 0.850. The molecule has 2 aliphatic heterocycles. The Hall–Kier alpha value is -1.63. The molecule has 0 amide bonds. The lowest BCUT2D eigenvalue weighted by atomic mass is 9.65. The molecule has 7 heteroatoms. The molecule has 1 aromatic rings. The van der Waals surface area contributed by atoms with Crippen LogP contribution >= 0.6 is 0 Å². The molecule has 3 heterocycles. The Morgan fingerprint density at radius 2 is 2.00 bits per heavy atom. The maximum absolute atomic E-state index is 4.95. The van der Waals surface area contributed by atoms with Gasteiger partial charge < -0.3 is 14.8 Å². The van der Waals surface area contributed by atoms with E-state index >= 15 is 0 Å². The summed E-state index contributed by atoms with van der Waals surface area (Å²) in [4.78, 5) is 9.94. The number of nitrogens with one attached hydrogen (secondary N) is 1. The summed E-state index contributed by atoms with van der Waals surface area (Å²) in [6.07, 6.45) is 2.57. The van der Waals surface area contributed by atoms with E-state index in [0.29, 0.717) is 12.6 Å². The van der Waals surface area contributed by atoms with Crippen molar-refractivity contribution in [2.24, 2.45) is 17.5 Å². The van der Waals surface area contributed by atoms with E-state index < -0.39 is 0 Å². The van der Waals surface area contributed by atoms with Gasteiger partial charge in [0.05, 0.1) is 0 Å². The van der Waals surface area contributed by atoms with Crippen molar-refractivity contribution in [1.29, 1.82) is 0 Å². The van der Waals surface area contributed by atoms with Gasteiger partial charge in [-0.1, -0.05) is 20.8 Å². The van der Waals surface area contributed by atoms with Crippen LogP contribution in [0, 0.1) is 12.3 Å². The first-order chi connectivity index (χ1) is 12.7. The SMILES string of the molecule is CCN1CCCC1CNC(=NCc1nnc(C)n1C)N1CC(C)(C)C1(C)C. The molecule has 1 aromatic heterocycles. The van der Waals surface area contributed by atoms with Crippen LogP contribution in [0.2, 0.25) is 0 Å². The molecule has 2 saturated heterocycles. The van der Waals surface area contributed by atoms with E-state index in [0.717, 1.165) is 37.2 Å². The van der Waals surface area contributed by atoms with Gasteiger partial charge in [0, 0.05) is 37.1 Å². The fourth-order valence-corrected chi connectivity index (χ4v) is 4.12. The van der Waals surface area contributed by atoms with E-state index in [1.54, 1.807) is 0 Å². The Morgan fingerprint density at radius 3 is 2.56 bits per heavy atom. The number of aryl methyl sites for hydroxylation is 1. The van der Waals surface area contributed by atoms with Gasteiger partial charge in [-0.3, -0.25) is 4.90 Å². The maximum atomic E-state index is 4.95. The van der Waals surface area contributed by atoms with E-state index in [1.165, 1.54) is 19.4 Å². The fourth-order valence-electron chi connectivity index (χ4n) is 4.12. The number of rotatable bonds is 5. The highest BCUT2D eigenvalue weighted by atomic mass is 15.4. The topological polar surface area (TPSA) is 61.6 Å². The largest absolute Gasteiger partial charge is 0.355 e. The summed E-state index contributed by atoms with van der Waals surface area (Å²) in [5.74, 6) is 2.83. The highest BCUT2D eigenvalue weighted by molar-refractivity contribution is 5.82. The Balaban J connectivity index is 1.75. The number of aromatic nitrogens is 3. The monoisotopic (exact) mass is 375 g/mol. The van der Waals surface area contributed by atoms with Gasteiger partial charge in [-0.05, 0) is 46.7 Å². The van der Waals surface area contributed by atoms with Crippen molar-refractivity contribution in [1.82, 2.24) is 29.9 Å². The second-order valence-electron chi connectivity index (χ2n) is 9.20. The van der Waals surface area contributed by atoms with Gasteiger partial charge in [0.25, 0.3) is 0 Å². The number of nitrogens with zero attached hydrogens (tertiary/aromatic N) is 6. The summed E-state index contributed by atoms with van der Waals surface area (Å²) < 4.78 is 2.02. The summed E-state index contributed by atoms with van der Waals surface area (Å²) in [5, 5.41) is 12.1. The first-order valence-corrected chi connectivity index (χ1v) is 10.3. The van der Waals surface area contributed by atoms with Gasteiger partial charge in [0.1, 0.15) is 12.4 Å². The van der Waals surface area contributed by atoms with E-state index in [-0.39, 0.29) is 11.0 Å². The molecule has 0 saturated carbocycles. The van der Waals surface area contributed by atoms with Crippen LogP contribution in [-0.2, 0) is 13.6 Å². The highest BCUT2D eigenvalue weighted by Crippen LogP contribution is 2.46. The zero-order valence-corrected chi connectivity index (χ0v) is 18.2. The van der Waals surface area contributed by atoms with E-state index in [4.69, 9.17) is 4.99 Å². The number of aliphatic imine (C=N–C) groups is 1. The lowest BCUT2D eigenvalue weighted by Gasteiger charge is -2.62. The normalized spacial score (nSPS) is 24.9. The number of likely N-dealkylation sites (N-methyl/N-ethyl adjacent to an activating group) is 1. The molecule has 0 radical (unpaired) electrons. The van der Waals surface area contributed by atoms with Crippen LogP contribution in [0.3, 0.4) is 0 Å². The predicted molar refractivity (Wildman–Crippen MR) is 110 cm³/mol. The first kappa shape index (κ1) is 20.1. The van der Waals surface area contributed by atoms with Crippen molar-refractivity contribution in [3.05, 3.63) is 11.6 Å². The van der Waals surface area contributed by atoms with Gasteiger partial charge >= 0.3 is 0 Å². The number of hydrogen-bond acceptors (Lipinski definition) is 4. The minimum absolute atomic E-state index is 0.0781. The predicted octanol–water partition coefficient (Wildman–Crippen LogP) is 2.17. The smallest absolute Gasteiger partial charge is 0.194 e. The molecular formula is C20H37N7. The molecule has 1 N–H and O–H groups in total. The minimum Gasteiger partial charge on any atom is -0.355 e. The molecule has 0 aliphatic carbocycles. The Labute approximate surface area is 164 Å². The van der Waals surface area contributed by atoms with E-state index in [2.05, 4.69) is 59.9 Å². The van der Waals surface area contributed by atoms with Crippen molar-refractivity contribution in [3.63, 3.8) is 0 Å².